The van der Waals surface area contributed by atoms with Gasteiger partial charge < -0.3 is 19.9 Å². The number of carboxylic acids is 1. The van der Waals surface area contributed by atoms with E-state index in [1.54, 1.807) is 18.2 Å². The Morgan fingerprint density at radius 2 is 1.83 bits per heavy atom. The molecule has 1 aliphatic carbocycles. The van der Waals surface area contributed by atoms with Crippen LogP contribution in [0.4, 0.5) is 0 Å². The van der Waals surface area contributed by atoms with Crippen LogP contribution in [0.1, 0.15) is 47.3 Å². The summed E-state index contributed by atoms with van der Waals surface area (Å²) in [4.78, 5) is 24.4. The van der Waals surface area contributed by atoms with Gasteiger partial charge in [0.05, 0.1) is 18.8 Å². The molecule has 2 N–H and O–H groups in total. The zero-order valence-corrected chi connectivity index (χ0v) is 21.0. The molecule has 1 heterocycles. The van der Waals surface area contributed by atoms with Gasteiger partial charge in [0.2, 0.25) is 11.8 Å². The van der Waals surface area contributed by atoms with Crippen molar-refractivity contribution in [3.05, 3.63) is 81.5 Å². The van der Waals surface area contributed by atoms with E-state index in [2.05, 4.69) is 10.4 Å². The van der Waals surface area contributed by atoms with Crippen LogP contribution in [0.25, 0.3) is 0 Å². The number of hydrogen-bond acceptors (Lipinski definition) is 5. The lowest BCUT2D eigenvalue weighted by Gasteiger charge is -2.32. The van der Waals surface area contributed by atoms with Crippen molar-refractivity contribution in [3.63, 3.8) is 0 Å². The summed E-state index contributed by atoms with van der Waals surface area (Å²) in [6, 6.07) is 16.0. The van der Waals surface area contributed by atoms with Crippen molar-refractivity contribution >= 4 is 35.1 Å². The SMILES string of the molecule is O=C(Cn1nc(C(=O)O)cc1OCc1cc(Cl)ccc1Cl)NC1CCCCC1OCc1ccccc1. The molecule has 1 aliphatic rings. The van der Waals surface area contributed by atoms with E-state index in [0.717, 1.165) is 31.2 Å². The van der Waals surface area contributed by atoms with Crippen LogP contribution in [0.5, 0.6) is 5.88 Å². The topological polar surface area (TPSA) is 103 Å². The van der Waals surface area contributed by atoms with E-state index >= 15 is 0 Å². The number of carbonyl (C=O) groups excluding carboxylic acids is 1. The molecule has 2 aromatic carbocycles. The minimum atomic E-state index is -1.22. The number of ether oxygens (including phenoxy) is 2. The van der Waals surface area contributed by atoms with Crippen LogP contribution < -0.4 is 10.1 Å². The largest absolute Gasteiger partial charge is 0.476 e. The Morgan fingerprint density at radius 1 is 1.06 bits per heavy atom. The van der Waals surface area contributed by atoms with Gasteiger partial charge in [-0.3, -0.25) is 4.79 Å². The Balaban J connectivity index is 1.40. The highest BCUT2D eigenvalue weighted by Gasteiger charge is 2.28. The fraction of sp³-hybridized carbons (Fsp3) is 0.346. The zero-order valence-electron chi connectivity index (χ0n) is 19.5. The van der Waals surface area contributed by atoms with E-state index < -0.39 is 5.97 Å². The van der Waals surface area contributed by atoms with Crippen molar-refractivity contribution in [2.75, 3.05) is 0 Å². The zero-order chi connectivity index (χ0) is 25.5. The molecular weight excluding hydrogens is 505 g/mol. The minimum absolute atomic E-state index is 0.0315. The van der Waals surface area contributed by atoms with Crippen LogP contribution >= 0.6 is 23.2 Å². The molecule has 3 aromatic rings. The number of nitrogens with zero attached hydrogens (tertiary/aromatic N) is 2. The molecule has 0 spiro atoms. The van der Waals surface area contributed by atoms with E-state index in [1.165, 1.54) is 10.7 Å². The third-order valence-corrected chi connectivity index (χ3v) is 6.60. The third-order valence-electron chi connectivity index (χ3n) is 5.99. The average molecular weight is 532 g/mol. The molecule has 0 radical (unpaired) electrons. The average Bonchev–Trinajstić information content (AvgIpc) is 3.27. The van der Waals surface area contributed by atoms with Gasteiger partial charge in [-0.25, -0.2) is 9.48 Å². The first-order valence-electron chi connectivity index (χ1n) is 11.7. The second-order valence-electron chi connectivity index (χ2n) is 8.65. The Bertz CT molecular complexity index is 1200. The number of carboxylic acid groups (broad SMARTS) is 1. The molecule has 0 saturated heterocycles. The number of nitrogens with one attached hydrogen (secondary N) is 1. The highest BCUT2D eigenvalue weighted by Crippen LogP contribution is 2.24. The second kappa shape index (κ2) is 12.3. The summed E-state index contributed by atoms with van der Waals surface area (Å²) in [6.45, 7) is 0.306. The van der Waals surface area contributed by atoms with Gasteiger partial charge in [-0.05, 0) is 36.6 Å². The van der Waals surface area contributed by atoms with Gasteiger partial charge in [-0.15, -0.1) is 0 Å². The fourth-order valence-corrected chi connectivity index (χ4v) is 4.53. The minimum Gasteiger partial charge on any atom is -0.476 e. The van der Waals surface area contributed by atoms with E-state index in [4.69, 9.17) is 32.7 Å². The number of amides is 1. The predicted octanol–water partition coefficient (Wildman–Crippen LogP) is 5.11. The summed E-state index contributed by atoms with van der Waals surface area (Å²) < 4.78 is 13.2. The highest BCUT2D eigenvalue weighted by atomic mass is 35.5. The Kier molecular flexibility index (Phi) is 8.85. The fourth-order valence-electron chi connectivity index (χ4n) is 4.17. The molecule has 0 bridgehead atoms. The number of carbonyl (C=O) groups is 2. The standard InChI is InChI=1S/C26H27Cl2N3O5/c27-19-10-11-20(28)18(12-19)16-36-25-13-22(26(33)34)30-31(25)14-24(32)29-21-8-4-5-9-23(21)35-15-17-6-2-1-3-7-17/h1-3,6-7,10-13,21,23H,4-5,8-9,14-16H2,(H,29,32)(H,33,34). The van der Waals surface area contributed by atoms with Crippen LogP contribution in [0.15, 0.2) is 54.6 Å². The van der Waals surface area contributed by atoms with Crippen LogP contribution in [0.2, 0.25) is 10.0 Å². The van der Waals surface area contributed by atoms with Crippen molar-refractivity contribution in [2.45, 2.75) is 57.6 Å². The molecule has 2 atom stereocenters. The van der Waals surface area contributed by atoms with Crippen LogP contribution in [0.3, 0.4) is 0 Å². The Hall–Kier alpha value is -3.07. The van der Waals surface area contributed by atoms with Crippen molar-refractivity contribution in [2.24, 2.45) is 0 Å². The van der Waals surface area contributed by atoms with E-state index in [1.807, 2.05) is 30.3 Å². The maximum atomic E-state index is 12.9. The maximum absolute atomic E-state index is 12.9. The smallest absolute Gasteiger partial charge is 0.356 e. The number of aromatic nitrogens is 2. The van der Waals surface area contributed by atoms with E-state index in [9.17, 15) is 14.7 Å². The van der Waals surface area contributed by atoms with Crippen LogP contribution in [0, 0.1) is 0 Å². The number of hydrogen-bond donors (Lipinski definition) is 2. The normalized spacial score (nSPS) is 17.5. The van der Waals surface area contributed by atoms with Crippen LogP contribution in [-0.2, 0) is 29.3 Å². The lowest BCUT2D eigenvalue weighted by molar-refractivity contribution is -0.124. The van der Waals surface area contributed by atoms with E-state index in [-0.39, 0.29) is 42.8 Å². The quantitative estimate of drug-likeness (QED) is 0.376. The molecule has 0 aliphatic heterocycles. The first-order chi connectivity index (χ1) is 17.4. The van der Waals surface area contributed by atoms with Gasteiger partial charge in [-0.1, -0.05) is 66.4 Å². The lowest BCUT2D eigenvalue weighted by Crippen LogP contribution is -2.47. The summed E-state index contributed by atoms with van der Waals surface area (Å²) in [5.41, 5.74) is 1.48. The van der Waals surface area contributed by atoms with Crippen molar-refractivity contribution in [1.82, 2.24) is 15.1 Å². The molecule has 1 aromatic heterocycles. The molecule has 1 fully saturated rings. The van der Waals surface area contributed by atoms with Gasteiger partial charge >= 0.3 is 5.97 Å². The van der Waals surface area contributed by atoms with Crippen molar-refractivity contribution < 1.29 is 24.2 Å². The summed E-state index contributed by atoms with van der Waals surface area (Å²) in [7, 11) is 0. The third kappa shape index (κ3) is 7.00. The molecule has 1 saturated carbocycles. The summed E-state index contributed by atoms with van der Waals surface area (Å²) in [5.74, 6) is -1.39. The molecule has 2 unspecified atom stereocenters. The number of aromatic carboxylic acids is 1. The predicted molar refractivity (Wildman–Crippen MR) is 135 cm³/mol. The van der Waals surface area contributed by atoms with Gasteiger partial charge in [0.25, 0.3) is 0 Å². The first kappa shape index (κ1) is 26.0. The number of benzene rings is 2. The first-order valence-corrected chi connectivity index (χ1v) is 12.5. The van der Waals surface area contributed by atoms with Gasteiger partial charge in [-0.2, -0.15) is 5.10 Å². The van der Waals surface area contributed by atoms with Crippen molar-refractivity contribution in [1.29, 1.82) is 0 Å². The Labute approximate surface area is 219 Å². The molecule has 190 valence electrons. The molecule has 1 amide bonds. The highest BCUT2D eigenvalue weighted by molar-refractivity contribution is 6.33. The number of rotatable bonds is 10. The van der Waals surface area contributed by atoms with Crippen LogP contribution in [-0.4, -0.2) is 38.9 Å². The Morgan fingerprint density at radius 3 is 2.61 bits per heavy atom. The molecular formula is C26H27Cl2N3O5. The number of halogens is 2. The summed E-state index contributed by atoms with van der Waals surface area (Å²) in [6.07, 6.45) is 3.60. The molecule has 4 rings (SSSR count). The molecule has 8 nitrogen and oxygen atoms in total. The van der Waals surface area contributed by atoms with Gasteiger partial charge in [0.15, 0.2) is 5.69 Å². The molecule has 10 heteroatoms. The van der Waals surface area contributed by atoms with Crippen molar-refractivity contribution in [3.8, 4) is 5.88 Å². The summed E-state index contributed by atoms with van der Waals surface area (Å²) in [5, 5.41) is 17.4. The maximum Gasteiger partial charge on any atom is 0.356 e. The molecule has 36 heavy (non-hydrogen) atoms. The van der Waals surface area contributed by atoms with E-state index in [0.29, 0.717) is 22.2 Å². The van der Waals surface area contributed by atoms with Gasteiger partial charge in [0, 0.05) is 21.7 Å². The summed E-state index contributed by atoms with van der Waals surface area (Å²) >= 11 is 12.2. The van der Waals surface area contributed by atoms with Gasteiger partial charge in [0.1, 0.15) is 13.2 Å². The monoisotopic (exact) mass is 531 g/mol. The second-order valence-corrected chi connectivity index (χ2v) is 9.49. The lowest BCUT2D eigenvalue weighted by atomic mass is 9.92.